The molecule has 32 heavy (non-hydrogen) atoms. The van der Waals surface area contributed by atoms with Crippen LogP contribution >= 0.6 is 11.6 Å². The summed E-state index contributed by atoms with van der Waals surface area (Å²) in [5.74, 6) is 0.523. The van der Waals surface area contributed by atoms with Gasteiger partial charge in [-0.2, -0.15) is 5.10 Å². The van der Waals surface area contributed by atoms with Gasteiger partial charge in [0.05, 0.1) is 34.5 Å². The normalized spacial score (nSPS) is 14.4. The molecule has 1 aliphatic rings. The topological polar surface area (TPSA) is 124 Å². The lowest BCUT2D eigenvalue weighted by Gasteiger charge is -2.16. The van der Waals surface area contributed by atoms with Gasteiger partial charge in [-0.1, -0.05) is 23.7 Å². The van der Waals surface area contributed by atoms with Gasteiger partial charge in [0, 0.05) is 36.3 Å². The lowest BCUT2D eigenvalue weighted by Crippen LogP contribution is -2.14. The van der Waals surface area contributed by atoms with E-state index in [1.165, 1.54) is 6.20 Å². The lowest BCUT2D eigenvalue weighted by molar-refractivity contribution is 0.305. The number of fused-ring (bicyclic) bond motifs is 1. The Morgan fingerprint density at radius 1 is 1.44 bits per heavy atom. The molecular formula is C23H21ClN6O2. The highest BCUT2D eigenvalue weighted by molar-refractivity contribution is 6.37. The van der Waals surface area contributed by atoms with Crippen LogP contribution in [-0.2, 0) is 6.54 Å². The number of nitrogens with one attached hydrogen (secondary N) is 1. The van der Waals surface area contributed by atoms with Gasteiger partial charge >= 0.3 is 0 Å². The van der Waals surface area contributed by atoms with Crippen molar-refractivity contribution in [2.45, 2.75) is 25.5 Å². The van der Waals surface area contributed by atoms with Gasteiger partial charge in [0.2, 0.25) is 5.69 Å². The second-order valence-corrected chi connectivity index (χ2v) is 7.73. The maximum absolute atomic E-state index is 12.3. The third kappa shape index (κ3) is 3.84. The number of aromatic amines is 1. The number of nitrogens with two attached hydrogens (primary N) is 2. The minimum Gasteiger partial charge on any atom is -0.501 e. The molecule has 1 aliphatic carbocycles. The molecule has 0 radical (unpaired) electrons. The van der Waals surface area contributed by atoms with Gasteiger partial charge in [0.25, 0.3) is 5.56 Å². The summed E-state index contributed by atoms with van der Waals surface area (Å²) in [7, 11) is 1.63. The van der Waals surface area contributed by atoms with Crippen LogP contribution in [-0.4, -0.2) is 29.1 Å². The molecule has 5 N–H and O–H groups in total. The molecule has 162 valence electrons. The van der Waals surface area contributed by atoms with Gasteiger partial charge in [0.1, 0.15) is 5.75 Å². The van der Waals surface area contributed by atoms with E-state index in [0.29, 0.717) is 50.3 Å². The second kappa shape index (κ2) is 8.83. The van der Waals surface area contributed by atoms with Gasteiger partial charge < -0.3 is 16.2 Å². The first-order valence-electron chi connectivity index (χ1n) is 10.00. The van der Waals surface area contributed by atoms with E-state index >= 15 is 0 Å². The highest BCUT2D eigenvalue weighted by Gasteiger charge is 2.26. The van der Waals surface area contributed by atoms with Crippen molar-refractivity contribution in [3.05, 3.63) is 80.1 Å². The van der Waals surface area contributed by atoms with Crippen LogP contribution in [0.15, 0.2) is 46.3 Å². The van der Waals surface area contributed by atoms with Crippen LogP contribution in [0.4, 0.5) is 5.69 Å². The van der Waals surface area contributed by atoms with Crippen LogP contribution in [0.25, 0.3) is 21.2 Å². The number of aliphatic imine (C=N–C) groups is 1. The van der Waals surface area contributed by atoms with Crippen molar-refractivity contribution < 1.29 is 4.74 Å². The third-order valence-electron chi connectivity index (χ3n) is 5.25. The maximum atomic E-state index is 12.3. The number of benzene rings is 2. The van der Waals surface area contributed by atoms with Crippen LogP contribution in [0.5, 0.6) is 5.75 Å². The molecule has 0 amide bonds. The van der Waals surface area contributed by atoms with E-state index < -0.39 is 5.56 Å². The van der Waals surface area contributed by atoms with Gasteiger partial charge in [-0.3, -0.25) is 9.79 Å². The first kappa shape index (κ1) is 21.6. The predicted octanol–water partition coefficient (Wildman–Crippen LogP) is 3.55. The smallest absolute Gasteiger partial charge is 0.273 e. The van der Waals surface area contributed by atoms with Crippen molar-refractivity contribution in [1.82, 2.24) is 10.2 Å². The van der Waals surface area contributed by atoms with Crippen LogP contribution in [0.1, 0.15) is 29.7 Å². The zero-order valence-corrected chi connectivity index (χ0v) is 18.1. The average Bonchev–Trinajstić information content (AvgIpc) is 3.61. The summed E-state index contributed by atoms with van der Waals surface area (Å²) < 4.78 is 5.92. The number of halogens is 1. The van der Waals surface area contributed by atoms with Gasteiger partial charge in [-0.15, -0.1) is 0 Å². The Morgan fingerprint density at radius 2 is 2.22 bits per heavy atom. The average molecular weight is 449 g/mol. The molecule has 0 bridgehead atoms. The Kier molecular flexibility index (Phi) is 5.95. The van der Waals surface area contributed by atoms with Gasteiger partial charge in [-0.05, 0) is 36.6 Å². The summed E-state index contributed by atoms with van der Waals surface area (Å²) >= 11 is 6.47. The van der Waals surface area contributed by atoms with Crippen LogP contribution in [0, 0.1) is 6.57 Å². The highest BCUT2D eigenvalue weighted by Crippen LogP contribution is 2.39. The molecule has 2 aromatic carbocycles. The minimum atomic E-state index is -0.406. The van der Waals surface area contributed by atoms with E-state index in [2.05, 4.69) is 20.0 Å². The van der Waals surface area contributed by atoms with E-state index in [9.17, 15) is 4.79 Å². The first-order valence-corrected chi connectivity index (χ1v) is 10.4. The Hall–Kier alpha value is -3.67. The number of hydrogen-bond acceptors (Lipinski definition) is 6. The van der Waals surface area contributed by atoms with E-state index in [4.69, 9.17) is 34.4 Å². The van der Waals surface area contributed by atoms with Crippen molar-refractivity contribution in [3.8, 4) is 5.75 Å². The fourth-order valence-electron chi connectivity index (χ4n) is 3.60. The third-order valence-corrected chi connectivity index (χ3v) is 5.55. The number of para-hydroxylation sites is 1. The minimum absolute atomic E-state index is 0.117. The summed E-state index contributed by atoms with van der Waals surface area (Å²) in [4.78, 5) is 20.4. The molecule has 1 fully saturated rings. The van der Waals surface area contributed by atoms with Crippen molar-refractivity contribution in [2.24, 2.45) is 16.5 Å². The number of hydrogen-bond donors (Lipinski definition) is 3. The van der Waals surface area contributed by atoms with Crippen LogP contribution < -0.4 is 21.8 Å². The van der Waals surface area contributed by atoms with Gasteiger partial charge in [0.15, 0.2) is 0 Å². The molecule has 1 aromatic heterocycles. The number of H-pyrrole nitrogens is 1. The van der Waals surface area contributed by atoms with Crippen molar-refractivity contribution >= 4 is 39.3 Å². The largest absolute Gasteiger partial charge is 0.501 e. The predicted molar refractivity (Wildman–Crippen MR) is 126 cm³/mol. The molecule has 0 spiro atoms. The first-order chi connectivity index (χ1) is 15.5. The summed E-state index contributed by atoms with van der Waals surface area (Å²) in [6.45, 7) is 7.85. The quantitative estimate of drug-likeness (QED) is 0.393. The Labute approximate surface area is 189 Å². The molecule has 3 aromatic rings. The fraction of sp³-hybridized carbons (Fsp3) is 0.217. The number of aromatic nitrogens is 2. The summed E-state index contributed by atoms with van der Waals surface area (Å²) in [6.07, 6.45) is 3.52. The molecular weight excluding hydrogens is 428 g/mol. The molecule has 0 aliphatic heterocycles. The van der Waals surface area contributed by atoms with E-state index in [0.717, 1.165) is 12.8 Å². The number of nitrogens with zero attached hydrogens (tertiary/aromatic N) is 3. The zero-order chi connectivity index (χ0) is 22.8. The Balaban J connectivity index is 1.88. The lowest BCUT2D eigenvalue weighted by atomic mass is 9.93. The maximum Gasteiger partial charge on any atom is 0.273 e. The van der Waals surface area contributed by atoms with E-state index in [1.807, 2.05) is 6.07 Å². The highest BCUT2D eigenvalue weighted by atomic mass is 35.5. The van der Waals surface area contributed by atoms with Crippen molar-refractivity contribution in [1.29, 1.82) is 0 Å². The molecule has 0 atom stereocenters. The van der Waals surface area contributed by atoms with Gasteiger partial charge in [-0.25, -0.2) is 9.94 Å². The molecule has 1 saturated carbocycles. The van der Waals surface area contributed by atoms with Crippen molar-refractivity contribution in [2.75, 3.05) is 7.05 Å². The SMILES string of the molecule is [C-]#[N+]c1c(OC2CC2)cccc1C(=NC)/C(=C\N)c1cc(Cl)c2c(=O)[nH]nc(CN)c2c1. The molecule has 8 nitrogen and oxygen atoms in total. The standard InChI is InChI=1S/C23H21ClN6O2/c1-27-21(14-4-3-5-19(22(14)28-2)32-13-6-7-13)16(10-25)12-8-15-18(11-26)29-30-23(31)20(15)17(24)9-12/h3-5,8-10,13H,6-7,11,25-26H2,1H3,(H,30,31)/b16-10-,27-21?. The molecule has 1 heterocycles. The van der Waals surface area contributed by atoms with Crippen LogP contribution in [0.3, 0.4) is 0 Å². The number of allylic oxidation sites excluding steroid dienone is 1. The van der Waals surface area contributed by atoms with Crippen LogP contribution in [0.2, 0.25) is 5.02 Å². The second-order valence-electron chi connectivity index (χ2n) is 7.32. The molecule has 0 saturated heterocycles. The molecule has 0 unspecified atom stereocenters. The van der Waals surface area contributed by atoms with E-state index in [-0.39, 0.29) is 17.7 Å². The summed E-state index contributed by atoms with van der Waals surface area (Å²) in [5.41, 5.74) is 14.6. The monoisotopic (exact) mass is 448 g/mol. The summed E-state index contributed by atoms with van der Waals surface area (Å²) in [6, 6.07) is 8.82. The number of ether oxygens (including phenoxy) is 1. The van der Waals surface area contributed by atoms with E-state index in [1.54, 1.807) is 31.3 Å². The van der Waals surface area contributed by atoms with Crippen molar-refractivity contribution in [3.63, 3.8) is 0 Å². The molecule has 4 rings (SSSR count). The Morgan fingerprint density at radius 3 is 2.84 bits per heavy atom. The molecule has 9 heteroatoms. The summed E-state index contributed by atoms with van der Waals surface area (Å²) in [5, 5.41) is 7.52. The number of rotatable bonds is 6. The Bertz CT molecular complexity index is 1370. The fourth-order valence-corrected chi connectivity index (χ4v) is 3.90. The zero-order valence-electron chi connectivity index (χ0n) is 17.4.